The Balaban J connectivity index is 2.98. The van der Waals surface area contributed by atoms with E-state index in [0.717, 1.165) is 23.9 Å². The lowest BCUT2D eigenvalue weighted by atomic mass is 10.3. The van der Waals surface area contributed by atoms with Gasteiger partial charge in [0.15, 0.2) is 0 Å². The van der Waals surface area contributed by atoms with Crippen LogP contribution in [0.25, 0.3) is 0 Å². The Morgan fingerprint density at radius 1 is 1.59 bits per heavy atom. The van der Waals surface area contributed by atoms with Crippen molar-refractivity contribution in [2.45, 2.75) is 23.5 Å². The van der Waals surface area contributed by atoms with Gasteiger partial charge >= 0.3 is 5.97 Å². The summed E-state index contributed by atoms with van der Waals surface area (Å²) in [6, 6.07) is 3.05. The number of carboxylic acids is 1. The van der Waals surface area contributed by atoms with Crippen LogP contribution in [-0.2, 0) is 4.79 Å². The molecule has 92 valence electrons. The first-order valence-corrected chi connectivity index (χ1v) is 5.66. The molecule has 0 spiro atoms. The molecular formula is C10H10FNO4S. The lowest BCUT2D eigenvalue weighted by molar-refractivity contribution is -0.385. The standard InChI is InChI=1S/C10H10FNO4S/c1-2-9(10(13)14)17-8-4-6(11)3-7(5-8)12(15)16/h3-5,9H,2H2,1H3,(H,13,14). The van der Waals surface area contributed by atoms with Gasteiger partial charge < -0.3 is 5.11 Å². The van der Waals surface area contributed by atoms with Gasteiger partial charge in [-0.05, 0) is 12.5 Å². The molecule has 0 radical (unpaired) electrons. The zero-order chi connectivity index (χ0) is 13.0. The van der Waals surface area contributed by atoms with Gasteiger partial charge in [-0.2, -0.15) is 0 Å². The average molecular weight is 259 g/mol. The van der Waals surface area contributed by atoms with Crippen LogP contribution in [0.4, 0.5) is 10.1 Å². The number of nitro groups is 1. The summed E-state index contributed by atoms with van der Waals surface area (Å²) in [7, 11) is 0. The number of nitrogens with zero attached hydrogens (tertiary/aromatic N) is 1. The summed E-state index contributed by atoms with van der Waals surface area (Å²) < 4.78 is 13.1. The Hall–Kier alpha value is -1.63. The third kappa shape index (κ3) is 3.70. The first-order valence-electron chi connectivity index (χ1n) is 4.78. The highest BCUT2D eigenvalue weighted by atomic mass is 32.2. The number of hydrogen-bond donors (Lipinski definition) is 1. The number of rotatable bonds is 5. The molecule has 0 saturated carbocycles. The van der Waals surface area contributed by atoms with Crippen molar-refractivity contribution >= 4 is 23.4 Å². The smallest absolute Gasteiger partial charge is 0.316 e. The molecule has 5 nitrogen and oxygen atoms in total. The Morgan fingerprint density at radius 3 is 2.71 bits per heavy atom. The Morgan fingerprint density at radius 2 is 2.24 bits per heavy atom. The minimum absolute atomic E-state index is 0.242. The molecule has 1 aromatic rings. The highest BCUT2D eigenvalue weighted by Crippen LogP contribution is 2.29. The van der Waals surface area contributed by atoms with E-state index in [2.05, 4.69) is 0 Å². The lowest BCUT2D eigenvalue weighted by Crippen LogP contribution is -2.14. The number of thioether (sulfide) groups is 1. The fraction of sp³-hybridized carbons (Fsp3) is 0.300. The van der Waals surface area contributed by atoms with Gasteiger partial charge in [0.25, 0.3) is 5.69 Å². The molecule has 0 aliphatic heterocycles. The van der Waals surface area contributed by atoms with E-state index in [1.165, 1.54) is 6.07 Å². The zero-order valence-electron chi connectivity index (χ0n) is 8.92. The molecule has 0 fully saturated rings. The Labute approximate surface area is 101 Å². The quantitative estimate of drug-likeness (QED) is 0.499. The number of non-ortho nitro benzene ring substituents is 1. The highest BCUT2D eigenvalue weighted by molar-refractivity contribution is 8.00. The summed E-state index contributed by atoms with van der Waals surface area (Å²) in [6.45, 7) is 1.68. The second-order valence-electron chi connectivity index (χ2n) is 3.26. The molecular weight excluding hydrogens is 249 g/mol. The summed E-state index contributed by atoms with van der Waals surface area (Å²) in [5.41, 5.74) is -0.382. The van der Waals surface area contributed by atoms with Gasteiger partial charge in [-0.15, -0.1) is 11.8 Å². The van der Waals surface area contributed by atoms with E-state index in [4.69, 9.17) is 5.11 Å². The number of carboxylic acid groups (broad SMARTS) is 1. The van der Waals surface area contributed by atoms with Crippen LogP contribution in [0.5, 0.6) is 0 Å². The topological polar surface area (TPSA) is 80.4 Å². The van der Waals surface area contributed by atoms with E-state index in [0.29, 0.717) is 6.42 Å². The van der Waals surface area contributed by atoms with Crippen LogP contribution in [-0.4, -0.2) is 21.2 Å². The average Bonchev–Trinajstić information content (AvgIpc) is 2.24. The van der Waals surface area contributed by atoms with Crippen LogP contribution >= 0.6 is 11.8 Å². The summed E-state index contributed by atoms with van der Waals surface area (Å²) in [4.78, 5) is 20.8. The highest BCUT2D eigenvalue weighted by Gasteiger charge is 2.18. The van der Waals surface area contributed by atoms with Crippen molar-refractivity contribution in [1.29, 1.82) is 0 Å². The van der Waals surface area contributed by atoms with E-state index in [-0.39, 0.29) is 10.6 Å². The van der Waals surface area contributed by atoms with E-state index in [1.807, 2.05) is 0 Å². The normalized spacial score (nSPS) is 12.1. The summed E-state index contributed by atoms with van der Waals surface area (Å²) >= 11 is 0.899. The number of carbonyl (C=O) groups is 1. The predicted molar refractivity (Wildman–Crippen MR) is 60.6 cm³/mol. The molecule has 1 aromatic carbocycles. The van der Waals surface area contributed by atoms with Crippen molar-refractivity contribution in [1.82, 2.24) is 0 Å². The SMILES string of the molecule is CCC(Sc1cc(F)cc([N+](=O)[O-])c1)C(=O)O. The van der Waals surface area contributed by atoms with E-state index in [1.54, 1.807) is 6.92 Å². The molecule has 1 atom stereocenters. The minimum Gasteiger partial charge on any atom is -0.480 e. The van der Waals surface area contributed by atoms with E-state index >= 15 is 0 Å². The van der Waals surface area contributed by atoms with Gasteiger partial charge in [0, 0.05) is 11.0 Å². The van der Waals surface area contributed by atoms with Crippen LogP contribution in [0.1, 0.15) is 13.3 Å². The number of halogens is 1. The van der Waals surface area contributed by atoms with Gasteiger partial charge in [-0.3, -0.25) is 14.9 Å². The maximum Gasteiger partial charge on any atom is 0.316 e. The van der Waals surface area contributed by atoms with Gasteiger partial charge in [-0.1, -0.05) is 6.92 Å². The summed E-state index contributed by atoms with van der Waals surface area (Å²) in [5.74, 6) is -1.77. The van der Waals surface area contributed by atoms with Gasteiger partial charge in [0.2, 0.25) is 0 Å². The molecule has 0 heterocycles. The van der Waals surface area contributed by atoms with Crippen molar-refractivity contribution < 1.29 is 19.2 Å². The molecule has 0 aliphatic carbocycles. The van der Waals surface area contributed by atoms with Crippen molar-refractivity contribution in [3.8, 4) is 0 Å². The lowest BCUT2D eigenvalue weighted by Gasteiger charge is -2.08. The largest absolute Gasteiger partial charge is 0.480 e. The molecule has 17 heavy (non-hydrogen) atoms. The monoisotopic (exact) mass is 259 g/mol. The third-order valence-electron chi connectivity index (χ3n) is 1.99. The summed E-state index contributed by atoms with van der Waals surface area (Å²) in [6.07, 6.45) is 0.351. The summed E-state index contributed by atoms with van der Waals surface area (Å²) in [5, 5.41) is 18.6. The fourth-order valence-corrected chi connectivity index (χ4v) is 2.16. The maximum atomic E-state index is 13.1. The van der Waals surface area contributed by atoms with Crippen LogP contribution in [0, 0.1) is 15.9 Å². The van der Waals surface area contributed by atoms with Crippen LogP contribution in [0.2, 0.25) is 0 Å². The van der Waals surface area contributed by atoms with Crippen molar-refractivity contribution in [2.75, 3.05) is 0 Å². The molecule has 0 aliphatic rings. The molecule has 0 saturated heterocycles. The second-order valence-corrected chi connectivity index (χ2v) is 4.53. The Bertz CT molecular complexity index is 452. The first kappa shape index (κ1) is 13.4. The fourth-order valence-electron chi connectivity index (χ4n) is 1.19. The van der Waals surface area contributed by atoms with Crippen molar-refractivity contribution in [3.05, 3.63) is 34.1 Å². The van der Waals surface area contributed by atoms with Crippen LogP contribution in [0.15, 0.2) is 23.1 Å². The van der Waals surface area contributed by atoms with Crippen molar-refractivity contribution in [2.24, 2.45) is 0 Å². The maximum absolute atomic E-state index is 13.1. The van der Waals surface area contributed by atoms with Crippen molar-refractivity contribution in [3.63, 3.8) is 0 Å². The van der Waals surface area contributed by atoms with Gasteiger partial charge in [0.1, 0.15) is 11.1 Å². The first-order chi connectivity index (χ1) is 7.93. The molecule has 1 unspecified atom stereocenters. The third-order valence-corrected chi connectivity index (χ3v) is 3.32. The molecule has 1 N–H and O–H groups in total. The molecule has 0 bridgehead atoms. The van der Waals surface area contributed by atoms with Crippen LogP contribution < -0.4 is 0 Å². The van der Waals surface area contributed by atoms with E-state index in [9.17, 15) is 19.3 Å². The number of aliphatic carboxylic acids is 1. The number of hydrogen-bond acceptors (Lipinski definition) is 4. The predicted octanol–water partition coefficient (Wildman–Crippen LogP) is 2.69. The Kier molecular flexibility index (Phi) is 4.45. The van der Waals surface area contributed by atoms with Gasteiger partial charge in [-0.25, -0.2) is 4.39 Å². The molecule has 7 heteroatoms. The minimum atomic E-state index is -1.02. The van der Waals surface area contributed by atoms with Gasteiger partial charge in [0.05, 0.1) is 11.0 Å². The molecule has 0 aromatic heterocycles. The molecule has 1 rings (SSSR count). The number of nitro benzene ring substituents is 1. The molecule has 0 amide bonds. The zero-order valence-corrected chi connectivity index (χ0v) is 9.74. The van der Waals surface area contributed by atoms with E-state index < -0.39 is 22.0 Å². The second kappa shape index (κ2) is 5.62. The van der Waals surface area contributed by atoms with Crippen LogP contribution in [0.3, 0.4) is 0 Å². The number of benzene rings is 1.